The molecule has 0 radical (unpaired) electrons. The molecule has 0 unspecified atom stereocenters. The fourth-order valence-corrected chi connectivity index (χ4v) is 12.7. The van der Waals surface area contributed by atoms with Crippen molar-refractivity contribution in [3.63, 3.8) is 0 Å². The molecule has 0 saturated carbocycles. The number of rotatable bonds is 6. The van der Waals surface area contributed by atoms with Crippen LogP contribution in [0.3, 0.4) is 0 Å². The van der Waals surface area contributed by atoms with Gasteiger partial charge in [0.25, 0.3) is 0 Å². The predicted molar refractivity (Wildman–Crippen MR) is 118 cm³/mol. The highest BCUT2D eigenvalue weighted by Crippen LogP contribution is 2.44. The van der Waals surface area contributed by atoms with Gasteiger partial charge in [-0.1, -0.05) is 99.2 Å². The molecular formula is C20H28S2Si2. The summed E-state index contributed by atoms with van der Waals surface area (Å²) < 4.78 is 3.31. The van der Waals surface area contributed by atoms with Crippen molar-refractivity contribution in [1.82, 2.24) is 0 Å². The molecule has 0 amide bonds. The Morgan fingerprint density at radius 3 is 1.08 bits per heavy atom. The zero-order chi connectivity index (χ0) is 17.8. The molecule has 0 aliphatic heterocycles. The van der Waals surface area contributed by atoms with E-state index in [-0.39, 0.29) is 0 Å². The summed E-state index contributed by atoms with van der Waals surface area (Å²) in [4.78, 5) is 2.72. The third kappa shape index (κ3) is 5.69. The van der Waals surface area contributed by atoms with Gasteiger partial charge in [0, 0.05) is 9.79 Å². The van der Waals surface area contributed by atoms with Crippen molar-refractivity contribution < 1.29 is 0 Å². The Morgan fingerprint density at radius 2 is 0.833 bits per heavy atom. The molecule has 0 fully saturated rings. The van der Waals surface area contributed by atoms with E-state index in [4.69, 9.17) is 0 Å². The molecular weight excluding hydrogens is 361 g/mol. The Kier molecular flexibility index (Phi) is 6.65. The Morgan fingerprint density at radius 1 is 0.542 bits per heavy atom. The van der Waals surface area contributed by atoms with Gasteiger partial charge < -0.3 is 0 Å². The summed E-state index contributed by atoms with van der Waals surface area (Å²) in [6.07, 6.45) is 0. The highest BCUT2D eigenvalue weighted by Gasteiger charge is 2.31. The molecule has 2 rings (SSSR count). The van der Waals surface area contributed by atoms with Crippen molar-refractivity contribution in [1.29, 1.82) is 0 Å². The van der Waals surface area contributed by atoms with Crippen molar-refractivity contribution in [2.45, 2.75) is 49.1 Å². The second kappa shape index (κ2) is 8.13. The van der Waals surface area contributed by atoms with E-state index in [1.54, 1.807) is 9.06 Å². The van der Waals surface area contributed by atoms with Gasteiger partial charge in [-0.15, -0.1) is 0 Å². The average Bonchev–Trinajstić information content (AvgIpc) is 2.51. The molecule has 0 aliphatic carbocycles. The molecule has 128 valence electrons. The fourth-order valence-electron chi connectivity index (χ4n) is 2.29. The molecule has 0 N–H and O–H groups in total. The number of hydrogen-bond acceptors (Lipinski definition) is 2. The summed E-state index contributed by atoms with van der Waals surface area (Å²) in [6, 6.07) is 21.7. The second-order valence-corrected chi connectivity index (χ2v) is 20.9. The van der Waals surface area contributed by atoms with Gasteiger partial charge in [-0.05, 0) is 33.3 Å². The van der Waals surface area contributed by atoms with Crippen LogP contribution in [0.2, 0.25) is 39.3 Å². The molecule has 0 bridgehead atoms. The first kappa shape index (κ1) is 19.6. The van der Waals surface area contributed by atoms with Crippen LogP contribution in [0.1, 0.15) is 0 Å². The van der Waals surface area contributed by atoms with E-state index in [0.717, 1.165) is 0 Å². The van der Waals surface area contributed by atoms with E-state index in [1.807, 2.05) is 23.5 Å². The second-order valence-electron chi connectivity index (χ2n) is 7.99. The molecule has 0 spiro atoms. The largest absolute Gasteiger partial charge is 0.0987 e. The first-order chi connectivity index (χ1) is 11.2. The minimum atomic E-state index is -1.44. The lowest BCUT2D eigenvalue weighted by molar-refractivity contribution is 1.46. The Hall–Kier alpha value is -0.686. The van der Waals surface area contributed by atoms with Crippen LogP contribution in [-0.2, 0) is 0 Å². The predicted octanol–water partition coefficient (Wildman–Crippen LogP) is 7.54. The highest BCUT2D eigenvalue weighted by molar-refractivity contribution is 8.09. The smallest absolute Gasteiger partial charge is 0.0867 e. The van der Waals surface area contributed by atoms with Gasteiger partial charge in [-0.25, -0.2) is 0 Å². The van der Waals surface area contributed by atoms with Crippen molar-refractivity contribution in [2.24, 2.45) is 0 Å². The van der Waals surface area contributed by atoms with E-state index < -0.39 is 16.1 Å². The molecule has 0 aromatic heterocycles. The quantitative estimate of drug-likeness (QED) is 0.370. The Balaban J connectivity index is 2.52. The monoisotopic (exact) mass is 388 g/mol. The lowest BCUT2D eigenvalue weighted by Crippen LogP contribution is -2.31. The van der Waals surface area contributed by atoms with E-state index >= 15 is 0 Å². The van der Waals surface area contributed by atoms with Crippen LogP contribution >= 0.6 is 23.5 Å². The maximum atomic E-state index is 2.48. The van der Waals surface area contributed by atoms with Crippen LogP contribution < -0.4 is 0 Å². The summed E-state index contributed by atoms with van der Waals surface area (Å²) in [5.74, 6) is 0. The molecule has 2 aromatic rings. The summed E-state index contributed by atoms with van der Waals surface area (Å²) in [7, 11) is -2.88. The lowest BCUT2D eigenvalue weighted by atomic mass is 10.4. The standard InChI is InChI=1S/C20H28S2Si2/c1-23(2,3)19(21-17-13-9-7-10-14-17)20(24(4,5)6)22-18-15-11-8-12-16-18/h7-16H,1-6H3/b20-19+. The molecule has 0 nitrogen and oxygen atoms in total. The zero-order valence-electron chi connectivity index (χ0n) is 15.6. The molecule has 0 heterocycles. The maximum Gasteiger partial charge on any atom is 0.0867 e. The Bertz CT molecular complexity index is 620. The van der Waals surface area contributed by atoms with E-state index in [0.29, 0.717) is 0 Å². The SMILES string of the molecule is C[Si](C)(C)/C(Sc1ccccc1)=C(\Sc1ccccc1)[Si](C)(C)C. The first-order valence-corrected chi connectivity index (χ1v) is 17.0. The van der Waals surface area contributed by atoms with Gasteiger partial charge in [0.2, 0.25) is 0 Å². The molecule has 0 aliphatic rings. The molecule has 2 aromatic carbocycles. The van der Waals surface area contributed by atoms with Crippen LogP contribution in [0.25, 0.3) is 0 Å². The van der Waals surface area contributed by atoms with E-state index in [2.05, 4.69) is 99.9 Å². The Labute approximate surface area is 158 Å². The topological polar surface area (TPSA) is 0 Å². The van der Waals surface area contributed by atoms with Crippen LogP contribution in [0, 0.1) is 0 Å². The summed E-state index contributed by atoms with van der Waals surface area (Å²) in [5.41, 5.74) is 0. The normalized spacial score (nSPS) is 13.6. The van der Waals surface area contributed by atoms with Crippen LogP contribution in [0.15, 0.2) is 79.5 Å². The third-order valence-corrected chi connectivity index (χ3v) is 13.6. The minimum absolute atomic E-state index is 1.36. The van der Waals surface area contributed by atoms with Gasteiger partial charge >= 0.3 is 0 Å². The van der Waals surface area contributed by atoms with Crippen molar-refractivity contribution in [3.8, 4) is 0 Å². The lowest BCUT2D eigenvalue weighted by Gasteiger charge is -2.30. The van der Waals surface area contributed by atoms with Crippen LogP contribution in [0.4, 0.5) is 0 Å². The number of benzene rings is 2. The molecule has 24 heavy (non-hydrogen) atoms. The first-order valence-electron chi connectivity index (χ1n) is 8.39. The van der Waals surface area contributed by atoms with Gasteiger partial charge in [-0.2, -0.15) is 0 Å². The average molecular weight is 389 g/mol. The van der Waals surface area contributed by atoms with E-state index in [1.165, 1.54) is 9.79 Å². The van der Waals surface area contributed by atoms with Crippen LogP contribution in [0.5, 0.6) is 0 Å². The molecule has 4 heteroatoms. The van der Waals surface area contributed by atoms with Gasteiger partial charge in [-0.3, -0.25) is 0 Å². The number of thioether (sulfide) groups is 2. The van der Waals surface area contributed by atoms with Gasteiger partial charge in [0.05, 0.1) is 16.1 Å². The number of hydrogen-bond donors (Lipinski definition) is 0. The molecule has 0 atom stereocenters. The van der Waals surface area contributed by atoms with Gasteiger partial charge in [0.15, 0.2) is 0 Å². The summed E-state index contributed by atoms with van der Waals surface area (Å²) >= 11 is 4.01. The van der Waals surface area contributed by atoms with Crippen molar-refractivity contribution >= 4 is 39.7 Å². The minimum Gasteiger partial charge on any atom is -0.0987 e. The van der Waals surface area contributed by atoms with Crippen LogP contribution in [-0.4, -0.2) is 16.1 Å². The van der Waals surface area contributed by atoms with Crippen molar-refractivity contribution in [3.05, 3.63) is 69.7 Å². The molecule has 0 saturated heterocycles. The van der Waals surface area contributed by atoms with Crippen molar-refractivity contribution in [2.75, 3.05) is 0 Å². The highest BCUT2D eigenvalue weighted by atomic mass is 32.2. The van der Waals surface area contributed by atoms with Gasteiger partial charge in [0.1, 0.15) is 0 Å². The summed E-state index contributed by atoms with van der Waals surface area (Å²) in [5, 5.41) is 0. The third-order valence-electron chi connectivity index (χ3n) is 3.49. The zero-order valence-corrected chi connectivity index (χ0v) is 19.2. The maximum absolute atomic E-state index is 2.48. The fraction of sp³-hybridized carbons (Fsp3) is 0.300. The van der Waals surface area contributed by atoms with E-state index in [9.17, 15) is 0 Å². The summed E-state index contributed by atoms with van der Waals surface area (Å²) in [6.45, 7) is 14.9.